The fraction of sp³-hybridized carbons (Fsp3) is 0.417. The molecule has 0 aliphatic rings. The quantitative estimate of drug-likeness (QED) is 0.496. The predicted molar refractivity (Wildman–Crippen MR) is 74.4 cm³/mol. The van der Waals surface area contributed by atoms with Crippen LogP contribution in [0.2, 0.25) is 0 Å². The van der Waals surface area contributed by atoms with Gasteiger partial charge in [-0.2, -0.15) is 4.98 Å². The van der Waals surface area contributed by atoms with Crippen LogP contribution in [0.5, 0.6) is 0 Å². The van der Waals surface area contributed by atoms with Gasteiger partial charge in [-0.15, -0.1) is 6.42 Å². The molecule has 3 atom stereocenters. The first-order valence-electron chi connectivity index (χ1n) is 6.16. The van der Waals surface area contributed by atoms with Crippen LogP contribution in [0.4, 0.5) is 14.7 Å². The molecule has 0 unspecified atom stereocenters. The maximum Gasteiger partial charge on any atom is 0.280 e. The minimum Gasteiger partial charge on any atom is -0.390 e. The van der Waals surface area contributed by atoms with E-state index in [2.05, 4.69) is 19.7 Å². The third-order valence-electron chi connectivity index (χ3n) is 3.29. The molecular weight excluding hydrogens is 316 g/mol. The van der Waals surface area contributed by atoms with Gasteiger partial charge in [0.15, 0.2) is 11.2 Å². The number of alkyl halides is 2. The van der Waals surface area contributed by atoms with Crippen molar-refractivity contribution in [3.63, 3.8) is 0 Å². The number of aromatic amines is 1. The number of fused-ring (bicyclic) bond motifs is 1. The van der Waals surface area contributed by atoms with Gasteiger partial charge in [0.25, 0.3) is 11.4 Å². The Hall–Kier alpha value is -2.55. The number of methoxy groups -OCH3 is 1. The Bertz CT molecular complexity index is 825. The van der Waals surface area contributed by atoms with Crippen molar-refractivity contribution in [2.45, 2.75) is 17.8 Å². The number of aliphatic hydroxyl groups excluding tert-OH is 1. The molecule has 0 amide bonds. The number of aromatic nitrogens is 4. The van der Waals surface area contributed by atoms with E-state index in [0.29, 0.717) is 4.57 Å². The lowest BCUT2D eigenvalue weighted by molar-refractivity contribution is -0.239. The monoisotopic (exact) mass is 329 g/mol. The minimum atomic E-state index is -3.30. The lowest BCUT2D eigenvalue weighted by atomic mass is 10.0. The second-order valence-electron chi connectivity index (χ2n) is 4.62. The number of nitrogens with two attached hydrogens (primary N) is 1. The number of hydrogen-bond donors (Lipinski definition) is 4. The van der Waals surface area contributed by atoms with Gasteiger partial charge in [0, 0.05) is 7.11 Å². The molecule has 2 heterocycles. The van der Waals surface area contributed by atoms with Crippen LogP contribution in [0.25, 0.3) is 11.2 Å². The van der Waals surface area contributed by atoms with Crippen LogP contribution in [0.15, 0.2) is 11.1 Å². The number of ether oxygens (including phenoxy) is 1. The zero-order chi connectivity index (χ0) is 17.4. The summed E-state index contributed by atoms with van der Waals surface area (Å²) >= 11 is 0. The smallest absolute Gasteiger partial charge is 0.280 e. The molecule has 23 heavy (non-hydrogen) atoms. The SMILES string of the molecule is C#C[C@@](O)([C@H](F)[C@@](F)(CO)OC)n1cnc2c(=O)[nH]c(N)nc21. The third-order valence-corrected chi connectivity index (χ3v) is 3.29. The Kier molecular flexibility index (Phi) is 4.08. The lowest BCUT2D eigenvalue weighted by Crippen LogP contribution is -2.55. The van der Waals surface area contributed by atoms with E-state index < -0.39 is 29.9 Å². The number of terminal acetylenes is 1. The minimum absolute atomic E-state index is 0.300. The standard InChI is InChI=1S/C12H13F2N5O4/c1-3-12(22,9(13)11(14,4-20)23-2)19-5-16-6-7(19)17-10(15)18-8(6)21/h1,5,9,20,22H,4H2,2H3,(H3,15,17,18,21)/t9-,11-,12-/m1/s1. The van der Waals surface area contributed by atoms with E-state index in [1.165, 1.54) is 0 Å². The number of halogens is 2. The molecule has 0 aliphatic carbocycles. The van der Waals surface area contributed by atoms with Crippen molar-refractivity contribution in [3.8, 4) is 12.3 Å². The van der Waals surface area contributed by atoms with E-state index in [1.807, 2.05) is 0 Å². The van der Waals surface area contributed by atoms with Gasteiger partial charge in [0.2, 0.25) is 17.8 Å². The van der Waals surface area contributed by atoms with E-state index in [-0.39, 0.29) is 17.1 Å². The van der Waals surface area contributed by atoms with Gasteiger partial charge < -0.3 is 20.7 Å². The van der Waals surface area contributed by atoms with E-state index >= 15 is 0 Å². The Morgan fingerprint density at radius 3 is 2.87 bits per heavy atom. The molecule has 0 radical (unpaired) electrons. The number of hydrogen-bond acceptors (Lipinski definition) is 7. The van der Waals surface area contributed by atoms with Crippen molar-refractivity contribution in [1.29, 1.82) is 0 Å². The normalized spacial score (nSPS) is 18.1. The fourth-order valence-electron chi connectivity index (χ4n) is 1.99. The van der Waals surface area contributed by atoms with Crippen LogP contribution in [-0.4, -0.2) is 55.5 Å². The number of nitrogens with zero attached hydrogens (tertiary/aromatic N) is 3. The largest absolute Gasteiger partial charge is 0.390 e. The summed E-state index contributed by atoms with van der Waals surface area (Å²) < 4.78 is 33.6. The van der Waals surface area contributed by atoms with E-state index in [0.717, 1.165) is 13.4 Å². The average Bonchev–Trinajstić information content (AvgIpc) is 2.97. The van der Waals surface area contributed by atoms with Crippen molar-refractivity contribution in [2.24, 2.45) is 0 Å². The zero-order valence-electron chi connectivity index (χ0n) is 11.8. The number of nitrogen functional groups attached to an aromatic ring is 1. The van der Waals surface area contributed by atoms with Crippen molar-refractivity contribution in [1.82, 2.24) is 19.5 Å². The molecule has 2 rings (SSSR count). The summed E-state index contributed by atoms with van der Waals surface area (Å²) in [5.41, 5.74) is 0.955. The number of H-pyrrole nitrogens is 1. The summed E-state index contributed by atoms with van der Waals surface area (Å²) in [6, 6.07) is 0. The maximum atomic E-state index is 14.5. The highest BCUT2D eigenvalue weighted by Gasteiger charge is 2.54. The van der Waals surface area contributed by atoms with Gasteiger partial charge in [-0.25, -0.2) is 13.8 Å². The molecule has 0 saturated carbocycles. The van der Waals surface area contributed by atoms with Crippen molar-refractivity contribution >= 4 is 17.1 Å². The second kappa shape index (κ2) is 5.58. The molecule has 0 bridgehead atoms. The van der Waals surface area contributed by atoms with Crippen molar-refractivity contribution < 1.29 is 23.7 Å². The molecule has 5 N–H and O–H groups in total. The molecule has 2 aromatic rings. The van der Waals surface area contributed by atoms with Crippen LogP contribution in [0.1, 0.15) is 0 Å². The molecule has 2 aromatic heterocycles. The van der Waals surface area contributed by atoms with Gasteiger partial charge in [-0.05, 0) is 5.92 Å². The number of rotatable bonds is 5. The van der Waals surface area contributed by atoms with E-state index in [9.17, 15) is 18.7 Å². The number of imidazole rings is 1. The Morgan fingerprint density at radius 2 is 2.35 bits per heavy atom. The van der Waals surface area contributed by atoms with Crippen molar-refractivity contribution in [2.75, 3.05) is 19.5 Å². The molecule has 124 valence electrons. The van der Waals surface area contributed by atoms with Crippen LogP contribution in [-0.2, 0) is 10.5 Å². The van der Waals surface area contributed by atoms with Crippen LogP contribution >= 0.6 is 0 Å². The lowest BCUT2D eigenvalue weighted by Gasteiger charge is -2.34. The summed E-state index contributed by atoms with van der Waals surface area (Å²) in [5.74, 6) is -1.98. The van der Waals surface area contributed by atoms with Gasteiger partial charge in [-0.3, -0.25) is 14.3 Å². The molecule has 0 saturated heterocycles. The van der Waals surface area contributed by atoms with Crippen LogP contribution in [0.3, 0.4) is 0 Å². The predicted octanol–water partition coefficient (Wildman–Crippen LogP) is -1.38. The highest BCUT2D eigenvalue weighted by atomic mass is 19.2. The average molecular weight is 329 g/mol. The zero-order valence-corrected chi connectivity index (χ0v) is 11.8. The first-order valence-corrected chi connectivity index (χ1v) is 6.16. The third kappa shape index (κ3) is 2.42. The molecule has 9 nitrogen and oxygen atoms in total. The molecular formula is C12H13F2N5O4. The van der Waals surface area contributed by atoms with Crippen LogP contribution < -0.4 is 11.3 Å². The first-order chi connectivity index (χ1) is 10.7. The van der Waals surface area contributed by atoms with E-state index in [1.54, 1.807) is 5.92 Å². The highest BCUT2D eigenvalue weighted by molar-refractivity contribution is 5.71. The van der Waals surface area contributed by atoms with Gasteiger partial charge in [0.05, 0.1) is 0 Å². The molecule has 11 heteroatoms. The Labute approximate surface area is 127 Å². The Balaban J connectivity index is 2.71. The van der Waals surface area contributed by atoms with Crippen molar-refractivity contribution in [3.05, 3.63) is 16.7 Å². The highest BCUT2D eigenvalue weighted by Crippen LogP contribution is 2.33. The Morgan fingerprint density at radius 1 is 1.70 bits per heavy atom. The summed E-state index contributed by atoms with van der Waals surface area (Å²) in [5, 5.41) is 19.4. The summed E-state index contributed by atoms with van der Waals surface area (Å²) in [6.07, 6.45) is 3.00. The summed E-state index contributed by atoms with van der Waals surface area (Å²) in [6.45, 7) is -1.42. The molecule has 0 aromatic carbocycles. The molecule has 0 spiro atoms. The van der Waals surface area contributed by atoms with Gasteiger partial charge in [-0.1, -0.05) is 0 Å². The second-order valence-corrected chi connectivity index (χ2v) is 4.62. The fourth-order valence-corrected chi connectivity index (χ4v) is 1.99. The maximum absolute atomic E-state index is 14.5. The number of anilines is 1. The first kappa shape index (κ1) is 16.8. The van der Waals surface area contributed by atoms with E-state index in [4.69, 9.17) is 17.3 Å². The summed E-state index contributed by atoms with van der Waals surface area (Å²) in [7, 11) is 0.784. The van der Waals surface area contributed by atoms with Crippen LogP contribution in [0, 0.1) is 12.3 Å². The number of nitrogens with one attached hydrogen (secondary N) is 1. The topological polar surface area (TPSA) is 139 Å². The van der Waals surface area contributed by atoms with Gasteiger partial charge >= 0.3 is 0 Å². The van der Waals surface area contributed by atoms with Gasteiger partial charge in [0.1, 0.15) is 12.9 Å². The summed E-state index contributed by atoms with van der Waals surface area (Å²) in [4.78, 5) is 21.2. The number of aliphatic hydroxyl groups is 2. The molecule has 0 fully saturated rings. The molecule has 0 aliphatic heterocycles.